The first kappa shape index (κ1) is 23.8. The molecule has 0 aliphatic carbocycles. The van der Waals surface area contributed by atoms with Gasteiger partial charge in [0.05, 0.1) is 5.39 Å². The molecule has 2 aromatic heterocycles. The van der Waals surface area contributed by atoms with Crippen molar-refractivity contribution in [1.29, 1.82) is 0 Å². The quantitative estimate of drug-likeness (QED) is 0.282. The monoisotopic (exact) mass is 486 g/mol. The number of halogens is 3. The van der Waals surface area contributed by atoms with Crippen molar-refractivity contribution in [3.63, 3.8) is 0 Å². The van der Waals surface area contributed by atoms with Crippen molar-refractivity contribution in [3.8, 4) is 16.9 Å². The highest BCUT2D eigenvalue weighted by atomic mass is 32.1. The van der Waals surface area contributed by atoms with Gasteiger partial charge in [-0.3, -0.25) is 0 Å². The average Bonchev–Trinajstić information content (AvgIpc) is 3.17. The van der Waals surface area contributed by atoms with Gasteiger partial charge >= 0.3 is 6.36 Å². The fourth-order valence-electron chi connectivity index (χ4n) is 3.58. The van der Waals surface area contributed by atoms with Gasteiger partial charge in [0, 0.05) is 25.5 Å². The Morgan fingerprint density at radius 1 is 0.971 bits per heavy atom. The molecule has 0 radical (unpaired) electrons. The van der Waals surface area contributed by atoms with E-state index in [4.69, 9.17) is 0 Å². The molecule has 178 valence electrons. The number of benzene rings is 2. The van der Waals surface area contributed by atoms with Gasteiger partial charge in [-0.15, -0.1) is 24.5 Å². The maximum atomic E-state index is 12.3. The van der Waals surface area contributed by atoms with Gasteiger partial charge in [0.15, 0.2) is 0 Å². The average molecular weight is 487 g/mol. The Morgan fingerprint density at radius 2 is 1.62 bits per heavy atom. The van der Waals surface area contributed by atoms with Crippen molar-refractivity contribution in [3.05, 3.63) is 65.0 Å². The highest BCUT2D eigenvalue weighted by Crippen LogP contribution is 2.30. The van der Waals surface area contributed by atoms with Crippen LogP contribution in [0.4, 0.5) is 24.9 Å². The molecule has 0 atom stereocenters. The van der Waals surface area contributed by atoms with E-state index in [0.717, 1.165) is 46.5 Å². The van der Waals surface area contributed by atoms with E-state index in [9.17, 15) is 13.2 Å². The number of hydrogen-bond acceptors (Lipinski definition) is 6. The van der Waals surface area contributed by atoms with Gasteiger partial charge in [-0.05, 0) is 54.7 Å². The molecule has 0 saturated heterocycles. The van der Waals surface area contributed by atoms with E-state index in [-0.39, 0.29) is 5.75 Å². The van der Waals surface area contributed by atoms with Crippen molar-refractivity contribution in [1.82, 2.24) is 9.97 Å². The molecule has 0 aliphatic heterocycles. The largest absolute Gasteiger partial charge is 0.573 e. The molecule has 0 saturated carbocycles. The van der Waals surface area contributed by atoms with E-state index in [1.165, 1.54) is 22.6 Å². The van der Waals surface area contributed by atoms with Crippen LogP contribution in [-0.2, 0) is 6.42 Å². The molecule has 0 unspecified atom stereocenters. The molecule has 0 spiro atoms. The molecule has 2 heterocycles. The number of hydrogen-bond donors (Lipinski definition) is 1. The number of nitrogens with zero attached hydrogens (tertiary/aromatic N) is 3. The highest BCUT2D eigenvalue weighted by Gasteiger charge is 2.30. The number of alkyl halides is 3. The minimum Gasteiger partial charge on any atom is -0.406 e. The summed E-state index contributed by atoms with van der Waals surface area (Å²) < 4.78 is 40.9. The third-order valence-corrected chi connectivity index (χ3v) is 6.16. The standard InChI is InChI=1S/C25H25F3N4OS/c1-16-15-21-22(30-24(32(2)3)31-23(21)34-16)29-14-4-5-17-6-8-18(9-7-17)19-10-12-20(13-11-19)33-25(26,27)28/h6-13,15H,4-5,14H2,1-3H3,(H,29,30,31). The molecular weight excluding hydrogens is 461 g/mol. The molecule has 34 heavy (non-hydrogen) atoms. The van der Waals surface area contributed by atoms with Crippen LogP contribution < -0.4 is 15.0 Å². The fourth-order valence-corrected chi connectivity index (χ4v) is 4.45. The smallest absolute Gasteiger partial charge is 0.406 e. The Morgan fingerprint density at radius 3 is 2.24 bits per heavy atom. The topological polar surface area (TPSA) is 50.3 Å². The van der Waals surface area contributed by atoms with Gasteiger partial charge in [0.1, 0.15) is 16.4 Å². The van der Waals surface area contributed by atoms with E-state index in [0.29, 0.717) is 5.95 Å². The Bertz CT molecular complexity index is 1250. The number of nitrogens with one attached hydrogen (secondary N) is 1. The summed E-state index contributed by atoms with van der Waals surface area (Å²) in [6.45, 7) is 2.84. The van der Waals surface area contributed by atoms with Crippen LogP contribution in [0.5, 0.6) is 5.75 Å². The van der Waals surface area contributed by atoms with Crippen LogP contribution in [0.15, 0.2) is 54.6 Å². The van der Waals surface area contributed by atoms with E-state index in [1.54, 1.807) is 23.5 Å². The first-order chi connectivity index (χ1) is 16.2. The number of anilines is 2. The summed E-state index contributed by atoms with van der Waals surface area (Å²) in [6, 6.07) is 16.1. The van der Waals surface area contributed by atoms with Crippen LogP contribution in [0.1, 0.15) is 16.9 Å². The van der Waals surface area contributed by atoms with Gasteiger partial charge < -0.3 is 15.0 Å². The Balaban J connectivity index is 1.34. The second-order valence-corrected chi connectivity index (χ2v) is 9.38. The van der Waals surface area contributed by atoms with E-state index < -0.39 is 6.36 Å². The fraction of sp³-hybridized carbons (Fsp3) is 0.280. The highest BCUT2D eigenvalue weighted by molar-refractivity contribution is 7.18. The molecule has 4 aromatic rings. The predicted molar refractivity (Wildman–Crippen MR) is 132 cm³/mol. The lowest BCUT2D eigenvalue weighted by atomic mass is 10.0. The van der Waals surface area contributed by atoms with Crippen molar-refractivity contribution in [2.75, 3.05) is 30.9 Å². The summed E-state index contributed by atoms with van der Waals surface area (Å²) in [5.74, 6) is 1.31. The zero-order chi connectivity index (χ0) is 24.3. The van der Waals surface area contributed by atoms with Crippen molar-refractivity contribution < 1.29 is 17.9 Å². The Labute approximate surface area is 200 Å². The Hall–Kier alpha value is -3.33. The number of aryl methyl sites for hydroxylation is 2. The van der Waals surface area contributed by atoms with Crippen molar-refractivity contribution in [2.45, 2.75) is 26.1 Å². The second-order valence-electron chi connectivity index (χ2n) is 8.14. The van der Waals surface area contributed by atoms with Crippen LogP contribution in [0, 0.1) is 6.92 Å². The molecular formula is C25H25F3N4OS. The minimum atomic E-state index is -4.69. The summed E-state index contributed by atoms with van der Waals surface area (Å²) in [4.78, 5) is 13.4. The van der Waals surface area contributed by atoms with Crippen LogP contribution in [0.2, 0.25) is 0 Å². The lowest BCUT2D eigenvalue weighted by molar-refractivity contribution is -0.274. The molecule has 0 amide bonds. The van der Waals surface area contributed by atoms with Gasteiger partial charge in [0.2, 0.25) is 5.95 Å². The third-order valence-electron chi connectivity index (χ3n) is 5.21. The number of thiophene rings is 1. The normalized spacial score (nSPS) is 11.6. The molecule has 0 bridgehead atoms. The summed E-state index contributed by atoms with van der Waals surface area (Å²) in [5, 5.41) is 4.51. The molecule has 9 heteroatoms. The molecule has 4 rings (SSSR count). The van der Waals surface area contributed by atoms with Gasteiger partial charge in [-0.2, -0.15) is 4.98 Å². The summed E-state index contributed by atoms with van der Waals surface area (Å²) >= 11 is 1.66. The SMILES string of the molecule is Cc1cc2c(NCCCc3ccc(-c4ccc(OC(F)(F)F)cc4)cc3)nc(N(C)C)nc2s1. The minimum absolute atomic E-state index is 0.225. The van der Waals surface area contributed by atoms with Crippen LogP contribution >= 0.6 is 11.3 Å². The van der Waals surface area contributed by atoms with Crippen LogP contribution in [-0.4, -0.2) is 37.0 Å². The zero-order valence-corrected chi connectivity index (χ0v) is 19.9. The third kappa shape index (κ3) is 5.96. The molecule has 0 fully saturated rings. The van der Waals surface area contributed by atoms with E-state index in [2.05, 4.69) is 33.0 Å². The second kappa shape index (κ2) is 9.89. The van der Waals surface area contributed by atoms with Crippen LogP contribution in [0.3, 0.4) is 0 Å². The predicted octanol–water partition coefficient (Wildman–Crippen LogP) is 6.68. The lowest BCUT2D eigenvalue weighted by Crippen LogP contribution is -2.16. The first-order valence-electron chi connectivity index (χ1n) is 10.8. The molecule has 5 nitrogen and oxygen atoms in total. The maximum Gasteiger partial charge on any atom is 0.573 e. The summed E-state index contributed by atoms with van der Waals surface area (Å²) in [6.07, 6.45) is -2.87. The maximum absolute atomic E-state index is 12.3. The van der Waals surface area contributed by atoms with Crippen molar-refractivity contribution in [2.24, 2.45) is 0 Å². The Kier molecular flexibility index (Phi) is 6.92. The van der Waals surface area contributed by atoms with Gasteiger partial charge in [-0.25, -0.2) is 4.98 Å². The van der Waals surface area contributed by atoms with Crippen molar-refractivity contribution >= 4 is 33.3 Å². The first-order valence-corrected chi connectivity index (χ1v) is 11.6. The molecule has 1 N–H and O–H groups in total. The molecule has 2 aromatic carbocycles. The summed E-state index contributed by atoms with van der Waals surface area (Å²) in [7, 11) is 3.86. The van der Waals surface area contributed by atoms with E-state index in [1.807, 2.05) is 43.3 Å². The number of aromatic nitrogens is 2. The van der Waals surface area contributed by atoms with Gasteiger partial charge in [-0.1, -0.05) is 36.4 Å². The zero-order valence-electron chi connectivity index (χ0n) is 19.1. The number of fused-ring (bicyclic) bond motifs is 1. The number of ether oxygens (including phenoxy) is 1. The van der Waals surface area contributed by atoms with E-state index >= 15 is 0 Å². The lowest BCUT2D eigenvalue weighted by Gasteiger charge is -2.13. The number of rotatable bonds is 8. The van der Waals surface area contributed by atoms with Crippen LogP contribution in [0.25, 0.3) is 21.3 Å². The molecule has 0 aliphatic rings. The summed E-state index contributed by atoms with van der Waals surface area (Å²) in [5.41, 5.74) is 2.96. The van der Waals surface area contributed by atoms with Gasteiger partial charge in [0.25, 0.3) is 0 Å².